The van der Waals surface area contributed by atoms with Gasteiger partial charge in [-0.15, -0.1) is 0 Å². The molecule has 0 amide bonds. The molecule has 27 heavy (non-hydrogen) atoms. The van der Waals surface area contributed by atoms with Crippen LogP contribution in [0.25, 0.3) is 0 Å². The predicted octanol–water partition coefficient (Wildman–Crippen LogP) is 3.44. The summed E-state index contributed by atoms with van der Waals surface area (Å²) in [5.74, 6) is 0. The smallest absolute Gasteiger partial charge is 0.261 e. The van der Waals surface area contributed by atoms with Gasteiger partial charge < -0.3 is 0 Å². The third-order valence-electron chi connectivity index (χ3n) is 4.85. The van der Waals surface area contributed by atoms with Crippen molar-refractivity contribution >= 4 is 25.7 Å². The molecule has 1 heterocycles. The average molecular weight is 409 g/mol. The van der Waals surface area contributed by atoms with Crippen LogP contribution in [0.15, 0.2) is 64.4 Å². The molecule has 1 saturated heterocycles. The van der Waals surface area contributed by atoms with E-state index in [1.165, 1.54) is 36.4 Å². The molecule has 146 valence electrons. The van der Waals surface area contributed by atoms with Crippen LogP contribution in [-0.4, -0.2) is 33.2 Å². The maximum absolute atomic E-state index is 13.0. The van der Waals surface area contributed by atoms with Gasteiger partial charge in [0.1, 0.15) is 0 Å². The Labute approximate surface area is 161 Å². The number of piperidine rings is 1. The van der Waals surface area contributed by atoms with E-state index in [1.54, 1.807) is 22.5 Å². The van der Waals surface area contributed by atoms with Crippen molar-refractivity contribution < 1.29 is 16.8 Å². The van der Waals surface area contributed by atoms with Crippen LogP contribution in [0.1, 0.15) is 33.1 Å². The lowest BCUT2D eigenvalue weighted by atomic mass is 10.0. The van der Waals surface area contributed by atoms with Gasteiger partial charge in [0.25, 0.3) is 10.0 Å². The number of hydrogen-bond donors (Lipinski definition) is 1. The fourth-order valence-electron chi connectivity index (χ4n) is 3.50. The van der Waals surface area contributed by atoms with Gasteiger partial charge >= 0.3 is 0 Å². The summed E-state index contributed by atoms with van der Waals surface area (Å²) in [6.45, 7) is 3.85. The second-order valence-electron chi connectivity index (χ2n) is 6.91. The lowest BCUT2D eigenvalue weighted by Gasteiger charge is -2.37. The molecule has 2 unspecified atom stereocenters. The number of benzene rings is 2. The molecule has 2 aromatic carbocycles. The van der Waals surface area contributed by atoms with E-state index in [4.69, 9.17) is 0 Å². The van der Waals surface area contributed by atoms with Crippen LogP contribution in [-0.2, 0) is 20.0 Å². The van der Waals surface area contributed by atoms with E-state index in [9.17, 15) is 16.8 Å². The molecule has 0 saturated carbocycles. The third-order valence-corrected chi connectivity index (χ3v) is 8.39. The van der Waals surface area contributed by atoms with E-state index in [0.717, 1.165) is 19.3 Å². The van der Waals surface area contributed by atoms with Crippen LogP contribution in [0, 0.1) is 0 Å². The molecule has 0 spiro atoms. The Bertz CT molecular complexity index is 978. The first-order valence-electron chi connectivity index (χ1n) is 8.93. The number of sulfonamides is 2. The number of anilines is 1. The van der Waals surface area contributed by atoms with E-state index in [2.05, 4.69) is 4.72 Å². The van der Waals surface area contributed by atoms with Crippen LogP contribution >= 0.6 is 0 Å². The standard InChI is InChI=1S/C19H24N2O4S2/c1-15-7-6-8-16(2)21(15)27(24,25)19-13-11-17(12-14-19)20-26(22,23)18-9-4-3-5-10-18/h3-5,9-16,20H,6-8H2,1-2H3. The van der Waals surface area contributed by atoms with E-state index in [0.29, 0.717) is 5.69 Å². The van der Waals surface area contributed by atoms with Gasteiger partial charge in [-0.1, -0.05) is 24.6 Å². The molecule has 0 bridgehead atoms. The molecule has 0 aromatic heterocycles. The van der Waals surface area contributed by atoms with Gasteiger partial charge in [0, 0.05) is 17.8 Å². The molecule has 6 nitrogen and oxygen atoms in total. The van der Waals surface area contributed by atoms with E-state index < -0.39 is 20.0 Å². The topological polar surface area (TPSA) is 83.6 Å². The normalized spacial score (nSPS) is 21.7. The summed E-state index contributed by atoms with van der Waals surface area (Å²) in [5, 5.41) is 0. The van der Waals surface area contributed by atoms with Crippen LogP contribution in [0.4, 0.5) is 5.69 Å². The second-order valence-corrected chi connectivity index (χ2v) is 10.4. The Morgan fingerprint density at radius 3 is 1.93 bits per heavy atom. The van der Waals surface area contributed by atoms with E-state index in [1.807, 2.05) is 13.8 Å². The highest BCUT2D eigenvalue weighted by Gasteiger charge is 2.35. The summed E-state index contributed by atoms with van der Waals surface area (Å²) >= 11 is 0. The molecule has 2 aromatic rings. The number of rotatable bonds is 5. The average Bonchev–Trinajstić information content (AvgIpc) is 2.62. The molecular formula is C19H24N2O4S2. The van der Waals surface area contributed by atoms with Crippen molar-refractivity contribution in [1.29, 1.82) is 0 Å². The van der Waals surface area contributed by atoms with E-state index >= 15 is 0 Å². The summed E-state index contributed by atoms with van der Waals surface area (Å²) in [6, 6.07) is 13.8. The van der Waals surface area contributed by atoms with Crippen molar-refractivity contribution in [3.05, 3.63) is 54.6 Å². The molecule has 2 atom stereocenters. The quantitative estimate of drug-likeness (QED) is 0.821. The first-order valence-corrected chi connectivity index (χ1v) is 11.9. The highest BCUT2D eigenvalue weighted by Crippen LogP contribution is 2.30. The molecule has 1 aliphatic heterocycles. The molecule has 1 aliphatic rings. The van der Waals surface area contributed by atoms with Crippen LogP contribution in [0.5, 0.6) is 0 Å². The van der Waals surface area contributed by atoms with Crippen molar-refractivity contribution in [2.45, 2.75) is 55.0 Å². The molecule has 1 N–H and O–H groups in total. The Morgan fingerprint density at radius 1 is 0.815 bits per heavy atom. The maximum Gasteiger partial charge on any atom is 0.261 e. The second kappa shape index (κ2) is 7.61. The zero-order valence-electron chi connectivity index (χ0n) is 15.4. The molecule has 3 rings (SSSR count). The van der Waals surface area contributed by atoms with Gasteiger partial charge in [0.2, 0.25) is 10.0 Å². The Balaban J connectivity index is 1.83. The summed E-state index contributed by atoms with van der Waals surface area (Å²) in [5.41, 5.74) is 0.317. The van der Waals surface area contributed by atoms with Gasteiger partial charge in [-0.05, 0) is 63.1 Å². The zero-order valence-corrected chi connectivity index (χ0v) is 17.0. The Hall–Kier alpha value is -1.90. The summed E-state index contributed by atoms with van der Waals surface area (Å²) in [6.07, 6.45) is 2.71. The van der Waals surface area contributed by atoms with E-state index in [-0.39, 0.29) is 21.9 Å². The third kappa shape index (κ3) is 4.17. The van der Waals surface area contributed by atoms with Gasteiger partial charge in [0.15, 0.2) is 0 Å². The molecule has 8 heteroatoms. The molecule has 0 aliphatic carbocycles. The van der Waals surface area contributed by atoms with Gasteiger partial charge in [-0.2, -0.15) is 4.31 Å². The van der Waals surface area contributed by atoms with Gasteiger partial charge in [-0.25, -0.2) is 16.8 Å². The van der Waals surface area contributed by atoms with Gasteiger partial charge in [0.05, 0.1) is 9.79 Å². The Morgan fingerprint density at radius 2 is 1.37 bits per heavy atom. The summed E-state index contributed by atoms with van der Waals surface area (Å²) in [7, 11) is -7.33. The van der Waals surface area contributed by atoms with Crippen LogP contribution in [0.3, 0.4) is 0 Å². The number of hydrogen-bond acceptors (Lipinski definition) is 4. The largest absolute Gasteiger partial charge is 0.280 e. The van der Waals surface area contributed by atoms with Crippen LogP contribution < -0.4 is 4.72 Å². The Kier molecular flexibility index (Phi) is 5.60. The minimum atomic E-state index is -3.71. The lowest BCUT2D eigenvalue weighted by Crippen LogP contribution is -2.47. The summed E-state index contributed by atoms with van der Waals surface area (Å²) in [4.78, 5) is 0.323. The zero-order chi connectivity index (χ0) is 19.7. The van der Waals surface area contributed by atoms with Crippen molar-refractivity contribution in [2.24, 2.45) is 0 Å². The maximum atomic E-state index is 13.0. The highest BCUT2D eigenvalue weighted by molar-refractivity contribution is 7.92. The minimum Gasteiger partial charge on any atom is -0.280 e. The van der Waals surface area contributed by atoms with Crippen LogP contribution in [0.2, 0.25) is 0 Å². The van der Waals surface area contributed by atoms with Crippen molar-refractivity contribution in [1.82, 2.24) is 4.31 Å². The highest BCUT2D eigenvalue weighted by atomic mass is 32.2. The summed E-state index contributed by atoms with van der Waals surface area (Å²) < 4.78 is 54.8. The first kappa shape index (κ1) is 19.9. The van der Waals surface area contributed by atoms with Gasteiger partial charge in [-0.3, -0.25) is 4.72 Å². The fraction of sp³-hybridized carbons (Fsp3) is 0.368. The first-order chi connectivity index (χ1) is 12.7. The molecular weight excluding hydrogens is 384 g/mol. The van der Waals surface area contributed by atoms with Crippen molar-refractivity contribution in [3.8, 4) is 0 Å². The SMILES string of the molecule is CC1CCCC(C)N1S(=O)(=O)c1ccc(NS(=O)(=O)c2ccccc2)cc1. The minimum absolute atomic E-state index is 0.0463. The molecule has 0 radical (unpaired) electrons. The van der Waals surface area contributed by atoms with Crippen molar-refractivity contribution in [3.63, 3.8) is 0 Å². The monoisotopic (exact) mass is 408 g/mol. The predicted molar refractivity (Wildman–Crippen MR) is 105 cm³/mol. The van der Waals surface area contributed by atoms with Crippen molar-refractivity contribution in [2.75, 3.05) is 4.72 Å². The number of nitrogens with one attached hydrogen (secondary N) is 1. The number of nitrogens with zero attached hydrogens (tertiary/aromatic N) is 1. The molecule has 1 fully saturated rings. The lowest BCUT2D eigenvalue weighted by molar-refractivity contribution is 0.204. The fourth-order valence-corrected chi connectivity index (χ4v) is 6.46.